The molecule has 0 radical (unpaired) electrons. The van der Waals surface area contributed by atoms with Gasteiger partial charge in [-0.2, -0.15) is 0 Å². The minimum Gasteiger partial charge on any atom is -0.298 e. The van der Waals surface area contributed by atoms with Crippen LogP contribution in [0.5, 0.6) is 0 Å². The topological polar surface area (TPSA) is 17.1 Å². The van der Waals surface area contributed by atoms with Crippen molar-refractivity contribution in [2.45, 2.75) is 40.5 Å². The Morgan fingerprint density at radius 1 is 1.21 bits per heavy atom. The average molecular weight is 190 g/mol. The fraction of sp³-hybridized carbons (Fsp3) is 0.462. The van der Waals surface area contributed by atoms with Gasteiger partial charge in [-0.3, -0.25) is 4.79 Å². The Morgan fingerprint density at radius 2 is 1.86 bits per heavy atom. The lowest BCUT2D eigenvalue weighted by atomic mass is 9.92. The minimum absolute atomic E-state index is 0.907. The highest BCUT2D eigenvalue weighted by atomic mass is 16.1. The second kappa shape index (κ2) is 4.41. The normalized spacial score (nSPS) is 10.3. The van der Waals surface area contributed by atoms with Gasteiger partial charge in [0.25, 0.3) is 0 Å². The quantitative estimate of drug-likeness (QED) is 0.668. The first-order valence-corrected chi connectivity index (χ1v) is 5.16. The summed E-state index contributed by atoms with van der Waals surface area (Å²) in [6.45, 7) is 8.32. The van der Waals surface area contributed by atoms with Crippen LogP contribution in [0.4, 0.5) is 0 Å². The lowest BCUT2D eigenvalue weighted by Crippen LogP contribution is -2.01. The summed E-state index contributed by atoms with van der Waals surface area (Å²) in [5.41, 5.74) is 5.73. The molecule has 1 aromatic rings. The number of hydrogen-bond acceptors (Lipinski definition) is 1. The highest BCUT2D eigenvalue weighted by molar-refractivity contribution is 5.81. The summed E-state index contributed by atoms with van der Waals surface area (Å²) in [4.78, 5) is 11.0. The number of aryl methyl sites for hydroxylation is 2. The monoisotopic (exact) mass is 190 g/mol. The van der Waals surface area contributed by atoms with Crippen molar-refractivity contribution in [1.82, 2.24) is 0 Å². The zero-order valence-corrected chi connectivity index (χ0v) is 9.48. The van der Waals surface area contributed by atoms with Gasteiger partial charge in [0.1, 0.15) is 0 Å². The van der Waals surface area contributed by atoms with Gasteiger partial charge < -0.3 is 0 Å². The van der Waals surface area contributed by atoms with Crippen LogP contribution in [0.3, 0.4) is 0 Å². The van der Waals surface area contributed by atoms with Crippen LogP contribution in [0.1, 0.15) is 46.0 Å². The van der Waals surface area contributed by atoms with Crippen molar-refractivity contribution in [2.24, 2.45) is 0 Å². The van der Waals surface area contributed by atoms with Gasteiger partial charge in [0, 0.05) is 5.56 Å². The molecule has 0 aliphatic rings. The van der Waals surface area contributed by atoms with E-state index in [9.17, 15) is 4.79 Å². The van der Waals surface area contributed by atoms with Gasteiger partial charge in [-0.25, -0.2) is 0 Å². The lowest BCUT2D eigenvalue weighted by Gasteiger charge is -2.13. The molecule has 1 rings (SSSR count). The number of benzene rings is 1. The molecule has 0 aliphatic carbocycles. The Bertz CT molecular complexity index is 351. The third-order valence-corrected chi connectivity index (χ3v) is 2.85. The van der Waals surface area contributed by atoms with Crippen LogP contribution in [0.2, 0.25) is 0 Å². The predicted molar refractivity (Wildman–Crippen MR) is 60.0 cm³/mol. The van der Waals surface area contributed by atoms with Gasteiger partial charge in [-0.05, 0) is 49.4 Å². The summed E-state index contributed by atoms with van der Waals surface area (Å²) in [5, 5.41) is 0. The maximum atomic E-state index is 11.0. The summed E-state index contributed by atoms with van der Waals surface area (Å²) in [6.07, 6.45) is 3.09. The molecule has 0 fully saturated rings. The fourth-order valence-electron chi connectivity index (χ4n) is 1.91. The predicted octanol–water partition coefficient (Wildman–Crippen LogP) is 3.38. The molecule has 0 bridgehead atoms. The van der Waals surface area contributed by atoms with Crippen LogP contribution >= 0.6 is 0 Å². The van der Waals surface area contributed by atoms with Crippen molar-refractivity contribution in [1.29, 1.82) is 0 Å². The van der Waals surface area contributed by atoms with Gasteiger partial charge >= 0.3 is 0 Å². The van der Waals surface area contributed by atoms with E-state index in [1.807, 2.05) is 6.92 Å². The number of aldehydes is 1. The van der Waals surface area contributed by atoms with Crippen LogP contribution in [0.25, 0.3) is 0 Å². The number of rotatable bonds is 3. The maximum Gasteiger partial charge on any atom is 0.150 e. The van der Waals surface area contributed by atoms with Crippen LogP contribution in [0, 0.1) is 20.8 Å². The van der Waals surface area contributed by atoms with E-state index >= 15 is 0 Å². The van der Waals surface area contributed by atoms with Crippen molar-refractivity contribution in [3.05, 3.63) is 33.9 Å². The first-order valence-electron chi connectivity index (χ1n) is 5.16. The van der Waals surface area contributed by atoms with Crippen LogP contribution in [-0.2, 0) is 6.42 Å². The van der Waals surface area contributed by atoms with Crippen molar-refractivity contribution in [3.8, 4) is 0 Å². The van der Waals surface area contributed by atoms with Gasteiger partial charge in [-0.15, -0.1) is 0 Å². The van der Waals surface area contributed by atoms with E-state index in [0.717, 1.165) is 30.3 Å². The summed E-state index contributed by atoms with van der Waals surface area (Å²) >= 11 is 0. The first kappa shape index (κ1) is 11.0. The molecule has 0 amide bonds. The summed E-state index contributed by atoms with van der Waals surface area (Å²) in [6, 6.07) is 2.17. The Labute approximate surface area is 86.1 Å². The summed E-state index contributed by atoms with van der Waals surface area (Å²) in [7, 11) is 0. The van der Waals surface area contributed by atoms with E-state index < -0.39 is 0 Å². The number of carbonyl (C=O) groups excluding carboxylic acids is 1. The molecule has 0 aliphatic heterocycles. The highest BCUT2D eigenvalue weighted by Gasteiger charge is 2.09. The number of carbonyl (C=O) groups is 1. The van der Waals surface area contributed by atoms with Crippen molar-refractivity contribution in [3.63, 3.8) is 0 Å². The summed E-state index contributed by atoms with van der Waals surface area (Å²) in [5.74, 6) is 0. The smallest absolute Gasteiger partial charge is 0.150 e. The van der Waals surface area contributed by atoms with Gasteiger partial charge in [0.05, 0.1) is 0 Å². The van der Waals surface area contributed by atoms with E-state index in [-0.39, 0.29) is 0 Å². The largest absolute Gasteiger partial charge is 0.298 e. The third-order valence-electron chi connectivity index (χ3n) is 2.85. The Kier molecular flexibility index (Phi) is 3.45. The molecule has 1 nitrogen and oxygen atoms in total. The molecule has 76 valence electrons. The van der Waals surface area contributed by atoms with Gasteiger partial charge in [-0.1, -0.05) is 19.4 Å². The van der Waals surface area contributed by atoms with E-state index in [0.29, 0.717) is 0 Å². The molecule has 1 heteroatoms. The highest BCUT2D eigenvalue weighted by Crippen LogP contribution is 2.21. The molecule has 0 saturated carbocycles. The zero-order chi connectivity index (χ0) is 10.7. The van der Waals surface area contributed by atoms with Crippen LogP contribution in [-0.4, -0.2) is 6.29 Å². The second-order valence-electron chi connectivity index (χ2n) is 3.90. The van der Waals surface area contributed by atoms with Crippen LogP contribution < -0.4 is 0 Å². The van der Waals surface area contributed by atoms with Gasteiger partial charge in [0.15, 0.2) is 6.29 Å². The molecule has 0 atom stereocenters. The van der Waals surface area contributed by atoms with Crippen LogP contribution in [0.15, 0.2) is 6.07 Å². The Morgan fingerprint density at radius 3 is 2.36 bits per heavy atom. The Balaban J connectivity index is 3.38. The molecule has 0 saturated heterocycles. The molecular formula is C13H18O. The molecule has 1 aromatic carbocycles. The van der Waals surface area contributed by atoms with Gasteiger partial charge in [0.2, 0.25) is 0 Å². The summed E-state index contributed by atoms with van der Waals surface area (Å²) < 4.78 is 0. The number of hydrogen-bond donors (Lipinski definition) is 0. The molecule has 0 spiro atoms. The fourth-order valence-corrected chi connectivity index (χ4v) is 1.91. The molecule has 0 unspecified atom stereocenters. The lowest BCUT2D eigenvalue weighted by molar-refractivity contribution is 0.112. The van der Waals surface area contributed by atoms with Crippen molar-refractivity contribution >= 4 is 6.29 Å². The maximum absolute atomic E-state index is 11.0. The molecule has 0 aromatic heterocycles. The molecular weight excluding hydrogens is 172 g/mol. The SMILES string of the molecule is CCCc1c(C)cc(C)c(C)c1C=O. The second-order valence-corrected chi connectivity index (χ2v) is 3.90. The standard InChI is InChI=1S/C13H18O/c1-5-6-12-10(3)7-9(2)11(4)13(12)8-14/h7-8H,5-6H2,1-4H3. The Hall–Kier alpha value is -1.11. The molecule has 0 N–H and O–H groups in total. The zero-order valence-electron chi connectivity index (χ0n) is 9.48. The average Bonchev–Trinajstić information content (AvgIpc) is 2.15. The minimum atomic E-state index is 0.907. The van der Waals surface area contributed by atoms with E-state index in [2.05, 4.69) is 26.8 Å². The van der Waals surface area contributed by atoms with E-state index in [1.54, 1.807) is 0 Å². The van der Waals surface area contributed by atoms with E-state index in [1.165, 1.54) is 16.7 Å². The first-order chi connectivity index (χ1) is 6.61. The molecule has 0 heterocycles. The third kappa shape index (κ3) is 1.87. The van der Waals surface area contributed by atoms with E-state index in [4.69, 9.17) is 0 Å². The van der Waals surface area contributed by atoms with Crippen molar-refractivity contribution in [2.75, 3.05) is 0 Å². The molecule has 14 heavy (non-hydrogen) atoms. The van der Waals surface area contributed by atoms with Crippen molar-refractivity contribution < 1.29 is 4.79 Å².